The monoisotopic (exact) mass is 226 g/mol. The molecule has 1 amide bonds. The van der Waals surface area contributed by atoms with E-state index in [4.69, 9.17) is 10.5 Å². The Hall–Kier alpha value is -0.770. The molecule has 2 unspecified atom stereocenters. The lowest BCUT2D eigenvalue weighted by Gasteiger charge is -2.26. The van der Waals surface area contributed by atoms with Gasteiger partial charge >= 0.3 is 6.09 Å². The van der Waals surface area contributed by atoms with Gasteiger partial charge in [-0.15, -0.1) is 0 Å². The third-order valence-corrected chi connectivity index (χ3v) is 3.62. The van der Waals surface area contributed by atoms with Crippen molar-refractivity contribution in [2.75, 3.05) is 0 Å². The van der Waals surface area contributed by atoms with Crippen LogP contribution in [0.1, 0.15) is 51.4 Å². The van der Waals surface area contributed by atoms with Gasteiger partial charge < -0.3 is 15.8 Å². The topological polar surface area (TPSA) is 64.3 Å². The van der Waals surface area contributed by atoms with Gasteiger partial charge in [-0.05, 0) is 38.5 Å². The van der Waals surface area contributed by atoms with Crippen LogP contribution in [-0.4, -0.2) is 24.3 Å². The zero-order valence-corrected chi connectivity index (χ0v) is 9.78. The number of hydrogen-bond acceptors (Lipinski definition) is 3. The molecule has 3 N–H and O–H groups in total. The number of rotatable bonds is 2. The first kappa shape index (κ1) is 11.7. The average molecular weight is 226 g/mol. The van der Waals surface area contributed by atoms with Crippen LogP contribution in [-0.2, 0) is 4.74 Å². The van der Waals surface area contributed by atoms with Crippen molar-refractivity contribution in [3.8, 4) is 0 Å². The van der Waals surface area contributed by atoms with Crippen molar-refractivity contribution in [1.82, 2.24) is 5.32 Å². The van der Waals surface area contributed by atoms with Gasteiger partial charge in [0.2, 0.25) is 0 Å². The molecule has 2 saturated carbocycles. The van der Waals surface area contributed by atoms with Crippen LogP contribution in [0.25, 0.3) is 0 Å². The maximum absolute atomic E-state index is 11.6. The normalized spacial score (nSPS) is 31.3. The minimum absolute atomic E-state index is 0.0325. The molecular weight excluding hydrogens is 204 g/mol. The molecule has 92 valence electrons. The standard InChI is InChI=1S/C12H22N2O2/c13-9-4-3-7-11(8-9)16-12(15)14-10-5-1-2-6-10/h9-11H,1-8,13H2,(H,14,15). The first-order chi connectivity index (χ1) is 7.74. The summed E-state index contributed by atoms with van der Waals surface area (Å²) < 4.78 is 5.39. The number of alkyl carbamates (subject to hydrolysis) is 1. The Morgan fingerprint density at radius 3 is 2.56 bits per heavy atom. The summed E-state index contributed by atoms with van der Waals surface area (Å²) in [6, 6.07) is 0.544. The van der Waals surface area contributed by atoms with Gasteiger partial charge in [-0.3, -0.25) is 0 Å². The van der Waals surface area contributed by atoms with Gasteiger partial charge in [0.15, 0.2) is 0 Å². The highest BCUT2D eigenvalue weighted by atomic mass is 16.6. The molecule has 0 aliphatic heterocycles. The SMILES string of the molecule is NC1CCCC(OC(=O)NC2CCCC2)C1. The zero-order valence-electron chi connectivity index (χ0n) is 9.78. The third kappa shape index (κ3) is 3.37. The van der Waals surface area contributed by atoms with E-state index >= 15 is 0 Å². The van der Waals surface area contributed by atoms with E-state index in [9.17, 15) is 4.79 Å². The van der Waals surface area contributed by atoms with Crippen molar-refractivity contribution in [3.05, 3.63) is 0 Å². The summed E-state index contributed by atoms with van der Waals surface area (Å²) >= 11 is 0. The molecule has 0 saturated heterocycles. The van der Waals surface area contributed by atoms with E-state index in [2.05, 4.69) is 5.32 Å². The number of nitrogens with two attached hydrogens (primary N) is 1. The highest BCUT2D eigenvalue weighted by Crippen LogP contribution is 2.21. The fourth-order valence-corrected chi connectivity index (χ4v) is 2.71. The number of amides is 1. The van der Waals surface area contributed by atoms with Gasteiger partial charge in [0.1, 0.15) is 6.10 Å². The van der Waals surface area contributed by atoms with Gasteiger partial charge in [-0.2, -0.15) is 0 Å². The predicted octanol–water partition coefficient (Wildman–Crippen LogP) is 1.93. The lowest BCUT2D eigenvalue weighted by atomic mass is 9.94. The van der Waals surface area contributed by atoms with Gasteiger partial charge in [-0.25, -0.2) is 4.79 Å². The average Bonchev–Trinajstić information content (AvgIpc) is 2.70. The molecule has 0 heterocycles. The van der Waals surface area contributed by atoms with E-state index in [0.29, 0.717) is 6.04 Å². The Morgan fingerprint density at radius 2 is 1.88 bits per heavy atom. The molecule has 2 aliphatic carbocycles. The third-order valence-electron chi connectivity index (χ3n) is 3.62. The number of carbonyl (C=O) groups excluding carboxylic acids is 1. The molecule has 2 aliphatic rings. The number of carbonyl (C=O) groups is 1. The van der Waals surface area contributed by atoms with Gasteiger partial charge in [-0.1, -0.05) is 12.8 Å². The molecule has 16 heavy (non-hydrogen) atoms. The first-order valence-electron chi connectivity index (χ1n) is 6.47. The molecule has 0 aromatic heterocycles. The summed E-state index contributed by atoms with van der Waals surface area (Å²) in [7, 11) is 0. The Morgan fingerprint density at radius 1 is 1.12 bits per heavy atom. The van der Waals surface area contributed by atoms with Crippen molar-refractivity contribution >= 4 is 6.09 Å². The predicted molar refractivity (Wildman–Crippen MR) is 62.1 cm³/mol. The second kappa shape index (κ2) is 5.53. The molecule has 4 nitrogen and oxygen atoms in total. The van der Waals surface area contributed by atoms with Crippen molar-refractivity contribution in [1.29, 1.82) is 0 Å². The Labute approximate surface area is 96.9 Å². The largest absolute Gasteiger partial charge is 0.446 e. The Bertz CT molecular complexity index is 239. The second-order valence-electron chi connectivity index (χ2n) is 5.08. The van der Waals surface area contributed by atoms with E-state index in [1.807, 2.05) is 0 Å². The molecule has 0 aromatic rings. The molecule has 4 heteroatoms. The molecule has 0 radical (unpaired) electrons. The van der Waals surface area contributed by atoms with Crippen molar-refractivity contribution in [2.45, 2.75) is 69.6 Å². The van der Waals surface area contributed by atoms with Crippen LogP contribution in [0.4, 0.5) is 4.79 Å². The number of nitrogens with one attached hydrogen (secondary N) is 1. The van der Waals surface area contributed by atoms with E-state index in [1.54, 1.807) is 0 Å². The summed E-state index contributed by atoms with van der Waals surface area (Å²) in [6.45, 7) is 0. The minimum atomic E-state index is -0.244. The summed E-state index contributed by atoms with van der Waals surface area (Å²) in [5.74, 6) is 0. The molecule has 0 bridgehead atoms. The maximum atomic E-state index is 11.6. The summed E-state index contributed by atoms with van der Waals surface area (Å²) in [4.78, 5) is 11.6. The van der Waals surface area contributed by atoms with E-state index in [-0.39, 0.29) is 18.2 Å². The lowest BCUT2D eigenvalue weighted by molar-refractivity contribution is 0.0683. The molecule has 0 spiro atoms. The molecule has 2 rings (SSSR count). The summed E-state index contributed by atoms with van der Waals surface area (Å²) in [5, 5.41) is 2.94. The van der Waals surface area contributed by atoms with Crippen LogP contribution in [0, 0.1) is 0 Å². The maximum Gasteiger partial charge on any atom is 0.407 e. The van der Waals surface area contributed by atoms with Crippen LogP contribution in [0.3, 0.4) is 0 Å². The second-order valence-corrected chi connectivity index (χ2v) is 5.08. The van der Waals surface area contributed by atoms with Gasteiger partial charge in [0, 0.05) is 12.1 Å². The van der Waals surface area contributed by atoms with E-state index in [0.717, 1.165) is 38.5 Å². The lowest BCUT2D eigenvalue weighted by Crippen LogP contribution is -2.39. The Kier molecular flexibility index (Phi) is 4.04. The zero-order chi connectivity index (χ0) is 11.4. The van der Waals surface area contributed by atoms with Crippen molar-refractivity contribution in [2.24, 2.45) is 5.73 Å². The van der Waals surface area contributed by atoms with E-state index in [1.165, 1.54) is 12.8 Å². The fourth-order valence-electron chi connectivity index (χ4n) is 2.71. The molecule has 2 atom stereocenters. The molecular formula is C12H22N2O2. The first-order valence-corrected chi connectivity index (χ1v) is 6.47. The van der Waals surface area contributed by atoms with Crippen molar-refractivity contribution < 1.29 is 9.53 Å². The quantitative estimate of drug-likeness (QED) is 0.756. The van der Waals surface area contributed by atoms with Crippen molar-refractivity contribution in [3.63, 3.8) is 0 Å². The molecule has 2 fully saturated rings. The Balaban J connectivity index is 1.69. The summed E-state index contributed by atoms with van der Waals surface area (Å²) in [6.07, 6.45) is 8.34. The van der Waals surface area contributed by atoms with Crippen LogP contribution in [0.5, 0.6) is 0 Å². The minimum Gasteiger partial charge on any atom is -0.446 e. The highest BCUT2D eigenvalue weighted by molar-refractivity contribution is 5.67. The number of hydrogen-bond donors (Lipinski definition) is 2. The number of ether oxygens (including phenoxy) is 1. The smallest absolute Gasteiger partial charge is 0.407 e. The fraction of sp³-hybridized carbons (Fsp3) is 0.917. The van der Waals surface area contributed by atoms with Crippen LogP contribution in [0.2, 0.25) is 0 Å². The highest BCUT2D eigenvalue weighted by Gasteiger charge is 2.24. The van der Waals surface area contributed by atoms with E-state index < -0.39 is 0 Å². The van der Waals surface area contributed by atoms with Crippen LogP contribution < -0.4 is 11.1 Å². The van der Waals surface area contributed by atoms with Crippen LogP contribution >= 0.6 is 0 Å². The van der Waals surface area contributed by atoms with Crippen LogP contribution in [0.15, 0.2) is 0 Å². The summed E-state index contributed by atoms with van der Waals surface area (Å²) in [5.41, 5.74) is 5.85. The van der Waals surface area contributed by atoms with Gasteiger partial charge in [0.25, 0.3) is 0 Å². The molecule has 0 aromatic carbocycles. The van der Waals surface area contributed by atoms with Gasteiger partial charge in [0.05, 0.1) is 0 Å².